The summed E-state index contributed by atoms with van der Waals surface area (Å²) in [5.41, 5.74) is 2.30. The lowest BCUT2D eigenvalue weighted by Crippen LogP contribution is -2.37. The van der Waals surface area contributed by atoms with Gasteiger partial charge in [-0.3, -0.25) is 4.99 Å². The molecule has 1 heterocycles. The highest BCUT2D eigenvalue weighted by Crippen LogP contribution is 2.14. The van der Waals surface area contributed by atoms with Crippen LogP contribution in [0.1, 0.15) is 11.1 Å². The van der Waals surface area contributed by atoms with E-state index in [0.29, 0.717) is 24.7 Å². The lowest BCUT2D eigenvalue weighted by Gasteiger charge is -2.13. The fourth-order valence-corrected chi connectivity index (χ4v) is 2.65. The molecule has 148 valence electrons. The molecule has 0 aliphatic carbocycles. The molecule has 5 nitrogen and oxygen atoms in total. The third-order valence-corrected chi connectivity index (χ3v) is 4.10. The fourth-order valence-electron chi connectivity index (χ4n) is 2.65. The van der Waals surface area contributed by atoms with Gasteiger partial charge < -0.3 is 15.2 Å². The number of benzene rings is 2. The minimum atomic E-state index is -0.313. The minimum Gasteiger partial charge on any atom is -0.356 e. The van der Waals surface area contributed by atoms with Crippen molar-refractivity contribution in [1.29, 1.82) is 0 Å². The monoisotopic (exact) mass is 497 g/mol. The van der Waals surface area contributed by atoms with Crippen LogP contribution in [0.3, 0.4) is 0 Å². The van der Waals surface area contributed by atoms with E-state index in [1.54, 1.807) is 48.5 Å². The van der Waals surface area contributed by atoms with Gasteiger partial charge in [-0.2, -0.15) is 0 Å². The Bertz CT molecular complexity index is 895. The van der Waals surface area contributed by atoms with Crippen LogP contribution < -0.4 is 10.6 Å². The summed E-state index contributed by atoms with van der Waals surface area (Å²) in [4.78, 5) is 8.09. The molecule has 0 saturated heterocycles. The Hall–Kier alpha value is -2.49. The zero-order valence-electron chi connectivity index (χ0n) is 15.4. The van der Waals surface area contributed by atoms with Crippen molar-refractivity contribution < 1.29 is 8.78 Å². The summed E-state index contributed by atoms with van der Waals surface area (Å²) in [5.74, 6) is 0.0678. The Morgan fingerprint density at radius 3 is 2.46 bits per heavy atom. The Morgan fingerprint density at radius 1 is 1.07 bits per heavy atom. The number of rotatable bonds is 6. The van der Waals surface area contributed by atoms with Crippen LogP contribution in [0.4, 0.5) is 8.78 Å². The number of aromatic nitrogens is 2. The fraction of sp³-hybridized carbons (Fsp3) is 0.200. The van der Waals surface area contributed by atoms with Crippen LogP contribution >= 0.6 is 24.0 Å². The van der Waals surface area contributed by atoms with Crippen molar-refractivity contribution in [3.63, 3.8) is 0 Å². The topological polar surface area (TPSA) is 54.2 Å². The van der Waals surface area contributed by atoms with Crippen molar-refractivity contribution >= 4 is 29.9 Å². The van der Waals surface area contributed by atoms with Gasteiger partial charge in [0.15, 0.2) is 5.96 Å². The van der Waals surface area contributed by atoms with Crippen LogP contribution in [0.25, 0.3) is 5.69 Å². The summed E-state index contributed by atoms with van der Waals surface area (Å²) >= 11 is 0. The van der Waals surface area contributed by atoms with E-state index < -0.39 is 0 Å². The summed E-state index contributed by atoms with van der Waals surface area (Å²) in [6, 6.07) is 11.5. The summed E-state index contributed by atoms with van der Waals surface area (Å²) in [7, 11) is 1.68. The zero-order valence-corrected chi connectivity index (χ0v) is 17.7. The molecule has 0 fully saturated rings. The largest absolute Gasteiger partial charge is 0.356 e. The van der Waals surface area contributed by atoms with Gasteiger partial charge in [-0.1, -0.05) is 18.2 Å². The van der Waals surface area contributed by atoms with Crippen molar-refractivity contribution in [2.45, 2.75) is 13.0 Å². The van der Waals surface area contributed by atoms with E-state index in [-0.39, 0.29) is 35.6 Å². The first kappa shape index (κ1) is 21.8. The summed E-state index contributed by atoms with van der Waals surface area (Å²) in [6.07, 6.45) is 5.61. The molecule has 0 aliphatic heterocycles. The van der Waals surface area contributed by atoms with Gasteiger partial charge in [0.1, 0.15) is 11.6 Å². The van der Waals surface area contributed by atoms with Gasteiger partial charge in [-0.25, -0.2) is 13.8 Å². The van der Waals surface area contributed by atoms with Crippen LogP contribution in [0.15, 0.2) is 66.2 Å². The molecule has 0 unspecified atom stereocenters. The molecule has 0 spiro atoms. The van der Waals surface area contributed by atoms with Gasteiger partial charge in [0, 0.05) is 32.5 Å². The van der Waals surface area contributed by atoms with Gasteiger partial charge in [0.25, 0.3) is 0 Å². The Balaban J connectivity index is 0.00000280. The number of nitrogens with zero attached hydrogens (tertiary/aromatic N) is 3. The second kappa shape index (κ2) is 10.7. The highest BCUT2D eigenvalue weighted by atomic mass is 127. The van der Waals surface area contributed by atoms with Crippen LogP contribution in [0.5, 0.6) is 0 Å². The van der Waals surface area contributed by atoms with Crippen LogP contribution in [-0.4, -0.2) is 29.1 Å². The molecular weight excluding hydrogens is 475 g/mol. The number of aliphatic imine (C=N–C) groups is 1. The summed E-state index contributed by atoms with van der Waals surface area (Å²) in [5, 5.41) is 6.35. The first-order valence-corrected chi connectivity index (χ1v) is 8.61. The summed E-state index contributed by atoms with van der Waals surface area (Å²) < 4.78 is 28.8. The van der Waals surface area contributed by atoms with E-state index in [1.807, 2.05) is 6.07 Å². The predicted molar refractivity (Wildman–Crippen MR) is 117 cm³/mol. The Kier molecular flexibility index (Phi) is 8.37. The van der Waals surface area contributed by atoms with E-state index >= 15 is 0 Å². The highest BCUT2D eigenvalue weighted by Gasteiger charge is 2.06. The van der Waals surface area contributed by atoms with Crippen molar-refractivity contribution in [3.8, 4) is 5.69 Å². The maximum atomic E-state index is 14.3. The molecule has 3 rings (SSSR count). The molecule has 0 bridgehead atoms. The van der Waals surface area contributed by atoms with E-state index in [2.05, 4.69) is 20.6 Å². The normalized spacial score (nSPS) is 11.0. The van der Waals surface area contributed by atoms with Crippen molar-refractivity contribution in [3.05, 3.63) is 83.9 Å². The number of halogens is 3. The number of hydrogen-bond donors (Lipinski definition) is 2. The highest BCUT2D eigenvalue weighted by molar-refractivity contribution is 14.0. The third-order valence-electron chi connectivity index (χ3n) is 4.10. The molecule has 0 atom stereocenters. The number of imidazole rings is 1. The predicted octanol–water partition coefficient (Wildman–Crippen LogP) is 3.68. The lowest BCUT2D eigenvalue weighted by atomic mass is 10.1. The van der Waals surface area contributed by atoms with Gasteiger partial charge in [-0.15, -0.1) is 24.0 Å². The van der Waals surface area contributed by atoms with E-state index in [9.17, 15) is 8.78 Å². The second-order valence-corrected chi connectivity index (χ2v) is 5.98. The quantitative estimate of drug-likeness (QED) is 0.311. The van der Waals surface area contributed by atoms with Crippen LogP contribution in [0, 0.1) is 11.6 Å². The standard InChI is InChI=1S/C20H21F2N5.HI/c1-23-20(25-9-8-15-2-5-17(21)6-3-15)26-13-16-4-7-19(18(22)12-16)27-11-10-24-14-27;/h2-7,10-12,14H,8-9,13H2,1H3,(H2,23,25,26);1H. The van der Waals surface area contributed by atoms with Gasteiger partial charge in [-0.05, 0) is 41.8 Å². The molecule has 1 aromatic heterocycles. The van der Waals surface area contributed by atoms with Gasteiger partial charge in [0.05, 0.1) is 12.0 Å². The van der Waals surface area contributed by atoms with Crippen molar-refractivity contribution in [2.75, 3.05) is 13.6 Å². The molecule has 2 aromatic carbocycles. The third kappa shape index (κ3) is 6.01. The molecule has 8 heteroatoms. The first-order chi connectivity index (χ1) is 13.2. The molecule has 0 radical (unpaired) electrons. The zero-order chi connectivity index (χ0) is 19.1. The molecule has 28 heavy (non-hydrogen) atoms. The van der Waals surface area contributed by atoms with E-state index in [4.69, 9.17) is 0 Å². The molecule has 0 aliphatic rings. The second-order valence-electron chi connectivity index (χ2n) is 5.98. The first-order valence-electron chi connectivity index (χ1n) is 8.61. The smallest absolute Gasteiger partial charge is 0.191 e. The van der Waals surface area contributed by atoms with Crippen molar-refractivity contribution in [2.24, 2.45) is 4.99 Å². The minimum absolute atomic E-state index is 0. The van der Waals surface area contributed by atoms with E-state index in [1.165, 1.54) is 18.2 Å². The molecular formula is C20H22F2IN5. The van der Waals surface area contributed by atoms with E-state index in [0.717, 1.165) is 17.5 Å². The molecule has 3 aromatic rings. The maximum Gasteiger partial charge on any atom is 0.191 e. The Labute approximate surface area is 179 Å². The lowest BCUT2D eigenvalue weighted by molar-refractivity contribution is 0.615. The Morgan fingerprint density at radius 2 is 1.82 bits per heavy atom. The van der Waals surface area contributed by atoms with Gasteiger partial charge >= 0.3 is 0 Å². The average molecular weight is 497 g/mol. The molecule has 0 saturated carbocycles. The van der Waals surface area contributed by atoms with Crippen LogP contribution in [-0.2, 0) is 13.0 Å². The average Bonchev–Trinajstić information content (AvgIpc) is 3.20. The molecule has 0 amide bonds. The molecule has 2 N–H and O–H groups in total. The van der Waals surface area contributed by atoms with Crippen molar-refractivity contribution in [1.82, 2.24) is 20.2 Å². The number of hydrogen-bond acceptors (Lipinski definition) is 2. The summed E-state index contributed by atoms with van der Waals surface area (Å²) in [6.45, 7) is 1.09. The maximum absolute atomic E-state index is 14.3. The number of guanidine groups is 1. The number of nitrogens with one attached hydrogen (secondary N) is 2. The SMILES string of the molecule is CN=C(NCCc1ccc(F)cc1)NCc1ccc(-n2ccnc2)c(F)c1.I. The van der Waals surface area contributed by atoms with Gasteiger partial charge in [0.2, 0.25) is 0 Å². The van der Waals surface area contributed by atoms with Crippen LogP contribution in [0.2, 0.25) is 0 Å².